The Morgan fingerprint density at radius 3 is 2.97 bits per heavy atom. The third-order valence-corrected chi connectivity index (χ3v) is 5.50. The zero-order chi connectivity index (χ0) is 20.0. The molecule has 1 fully saturated rings. The summed E-state index contributed by atoms with van der Waals surface area (Å²) in [5.74, 6) is 0.0523. The van der Waals surface area contributed by atoms with Crippen molar-refractivity contribution in [2.75, 3.05) is 13.1 Å². The highest BCUT2D eigenvalue weighted by Gasteiger charge is 2.31. The normalized spacial score (nSPS) is 16.6. The number of aromatic nitrogens is 3. The second-order valence-electron chi connectivity index (χ2n) is 6.99. The summed E-state index contributed by atoms with van der Waals surface area (Å²) in [6.45, 7) is 1.08. The second kappa shape index (κ2) is 7.00. The summed E-state index contributed by atoms with van der Waals surface area (Å²) in [5, 5.41) is -0.0568. The van der Waals surface area contributed by atoms with E-state index in [2.05, 4.69) is 9.55 Å². The summed E-state index contributed by atoms with van der Waals surface area (Å²) in [6, 6.07) is 9.69. The van der Waals surface area contributed by atoms with Gasteiger partial charge in [-0.05, 0) is 42.8 Å². The Morgan fingerprint density at radius 2 is 2.17 bits per heavy atom. The number of carbonyl (C=O) groups is 1. The van der Waals surface area contributed by atoms with Crippen molar-refractivity contribution in [2.45, 2.75) is 12.5 Å². The lowest BCUT2D eigenvalue weighted by Crippen LogP contribution is -2.29. The molecule has 0 unspecified atom stereocenters. The van der Waals surface area contributed by atoms with Crippen LogP contribution in [0.15, 0.2) is 59.5 Å². The van der Waals surface area contributed by atoms with E-state index >= 15 is 0 Å². The zero-order valence-corrected chi connectivity index (χ0v) is 16.0. The molecular formula is C21H16ClFN4O2. The molecular weight excluding hydrogens is 395 g/mol. The molecule has 0 saturated carbocycles. The van der Waals surface area contributed by atoms with Gasteiger partial charge in [-0.1, -0.05) is 11.6 Å². The lowest BCUT2D eigenvalue weighted by atomic mass is 10.2. The first-order valence-electron chi connectivity index (χ1n) is 9.21. The summed E-state index contributed by atoms with van der Waals surface area (Å²) >= 11 is 5.84. The average molecular weight is 411 g/mol. The predicted molar refractivity (Wildman–Crippen MR) is 106 cm³/mol. The molecule has 4 heterocycles. The van der Waals surface area contributed by atoms with E-state index in [4.69, 9.17) is 21.0 Å². The van der Waals surface area contributed by atoms with Crippen LogP contribution in [0.5, 0.6) is 0 Å². The molecule has 4 aromatic rings. The topological polar surface area (TPSA) is 64.2 Å². The van der Waals surface area contributed by atoms with Crippen LogP contribution in [0, 0.1) is 5.82 Å². The fraction of sp³-hybridized carbons (Fsp3) is 0.190. The van der Waals surface area contributed by atoms with Gasteiger partial charge in [0.2, 0.25) is 0 Å². The van der Waals surface area contributed by atoms with Crippen LogP contribution in [0.1, 0.15) is 22.8 Å². The van der Waals surface area contributed by atoms with Crippen LogP contribution in [0.4, 0.5) is 4.39 Å². The maximum Gasteiger partial charge on any atom is 0.253 e. The minimum atomic E-state index is -0.539. The first-order chi connectivity index (χ1) is 14.1. The van der Waals surface area contributed by atoms with Crippen molar-refractivity contribution in [1.82, 2.24) is 19.4 Å². The highest BCUT2D eigenvalue weighted by Crippen LogP contribution is 2.33. The molecule has 29 heavy (non-hydrogen) atoms. The van der Waals surface area contributed by atoms with E-state index < -0.39 is 5.82 Å². The van der Waals surface area contributed by atoms with E-state index in [1.807, 2.05) is 18.2 Å². The molecule has 1 aliphatic heterocycles. The van der Waals surface area contributed by atoms with Gasteiger partial charge in [-0.2, -0.15) is 0 Å². The van der Waals surface area contributed by atoms with Crippen molar-refractivity contribution in [3.05, 3.63) is 71.5 Å². The van der Waals surface area contributed by atoms with E-state index in [0.29, 0.717) is 18.7 Å². The Kier molecular flexibility index (Phi) is 4.32. The van der Waals surface area contributed by atoms with Crippen LogP contribution < -0.4 is 0 Å². The van der Waals surface area contributed by atoms with Gasteiger partial charge in [-0.15, -0.1) is 0 Å². The number of imidazole rings is 1. The van der Waals surface area contributed by atoms with Gasteiger partial charge in [0.15, 0.2) is 5.65 Å². The Hall–Kier alpha value is -3.19. The zero-order valence-electron chi connectivity index (χ0n) is 15.3. The molecule has 0 spiro atoms. The third-order valence-electron chi connectivity index (χ3n) is 5.21. The summed E-state index contributed by atoms with van der Waals surface area (Å²) < 4.78 is 20.7. The molecule has 0 aliphatic carbocycles. The number of amides is 1. The molecule has 8 heteroatoms. The number of hydrogen-bond acceptors (Lipinski definition) is 4. The molecule has 5 rings (SSSR count). The van der Waals surface area contributed by atoms with Crippen molar-refractivity contribution in [3.63, 3.8) is 0 Å². The lowest BCUT2D eigenvalue weighted by molar-refractivity contribution is 0.0788. The molecule has 0 bridgehead atoms. The monoisotopic (exact) mass is 410 g/mol. The van der Waals surface area contributed by atoms with Gasteiger partial charge in [0.25, 0.3) is 5.91 Å². The van der Waals surface area contributed by atoms with Crippen molar-refractivity contribution >= 4 is 28.7 Å². The van der Waals surface area contributed by atoms with Crippen molar-refractivity contribution < 1.29 is 13.6 Å². The first kappa shape index (κ1) is 17.9. The quantitative estimate of drug-likeness (QED) is 0.496. The molecule has 1 saturated heterocycles. The molecule has 1 aromatic carbocycles. The highest BCUT2D eigenvalue weighted by molar-refractivity contribution is 6.31. The fourth-order valence-corrected chi connectivity index (χ4v) is 4.00. The number of fused-ring (bicyclic) bond motifs is 1. The Morgan fingerprint density at radius 1 is 1.28 bits per heavy atom. The number of likely N-dealkylation sites (tertiary alicyclic amines) is 1. The van der Waals surface area contributed by atoms with E-state index in [1.54, 1.807) is 23.6 Å². The van der Waals surface area contributed by atoms with Crippen LogP contribution in [0.3, 0.4) is 0 Å². The summed E-state index contributed by atoms with van der Waals surface area (Å²) in [4.78, 5) is 23.9. The van der Waals surface area contributed by atoms with Crippen LogP contribution in [-0.4, -0.2) is 38.4 Å². The van der Waals surface area contributed by atoms with Crippen LogP contribution in [-0.2, 0) is 0 Å². The Bertz CT molecular complexity index is 1200. The standard InChI is InChI=1S/C21H16ClFN4O2/c22-16-10-13(3-4-17(16)23)21(28)26-8-5-15(11-26)27-19(14-6-9-29-12-14)25-18-2-1-7-24-20(18)27/h1-4,6-7,9-10,12,15H,5,8,11H2/t15-/m0/s1. The van der Waals surface area contributed by atoms with Gasteiger partial charge in [-0.25, -0.2) is 14.4 Å². The summed E-state index contributed by atoms with van der Waals surface area (Å²) in [6.07, 6.45) is 5.75. The van der Waals surface area contributed by atoms with Crippen molar-refractivity contribution in [2.24, 2.45) is 0 Å². The smallest absolute Gasteiger partial charge is 0.253 e. The van der Waals surface area contributed by atoms with Crippen LogP contribution in [0.25, 0.3) is 22.6 Å². The van der Waals surface area contributed by atoms with Gasteiger partial charge in [0.1, 0.15) is 23.4 Å². The number of benzene rings is 1. The van der Waals surface area contributed by atoms with E-state index in [9.17, 15) is 9.18 Å². The molecule has 3 aromatic heterocycles. The van der Waals surface area contributed by atoms with Crippen molar-refractivity contribution in [1.29, 1.82) is 0 Å². The number of nitrogens with zero attached hydrogens (tertiary/aromatic N) is 4. The largest absolute Gasteiger partial charge is 0.472 e. The summed E-state index contributed by atoms with van der Waals surface area (Å²) in [7, 11) is 0. The SMILES string of the molecule is O=C(c1ccc(F)c(Cl)c1)N1CC[C@H](n2c(-c3ccoc3)nc3cccnc32)C1. The fourth-order valence-electron chi connectivity index (χ4n) is 3.82. The molecule has 1 atom stereocenters. The molecule has 0 radical (unpaired) electrons. The second-order valence-corrected chi connectivity index (χ2v) is 7.39. The lowest BCUT2D eigenvalue weighted by Gasteiger charge is -2.19. The van der Waals surface area contributed by atoms with E-state index in [1.165, 1.54) is 18.2 Å². The average Bonchev–Trinajstić information content (AvgIpc) is 3.47. The van der Waals surface area contributed by atoms with Crippen LogP contribution in [0.2, 0.25) is 5.02 Å². The van der Waals surface area contributed by atoms with E-state index in [0.717, 1.165) is 29.0 Å². The first-order valence-corrected chi connectivity index (χ1v) is 9.59. The van der Waals surface area contributed by atoms with Gasteiger partial charge >= 0.3 is 0 Å². The molecule has 1 amide bonds. The van der Waals surface area contributed by atoms with Gasteiger partial charge in [-0.3, -0.25) is 4.79 Å². The third kappa shape index (κ3) is 3.07. The predicted octanol–water partition coefficient (Wildman–Crippen LogP) is 4.57. The Balaban J connectivity index is 1.48. The highest BCUT2D eigenvalue weighted by atomic mass is 35.5. The number of pyridine rings is 1. The number of carbonyl (C=O) groups excluding carboxylic acids is 1. The maximum atomic E-state index is 13.4. The van der Waals surface area contributed by atoms with Gasteiger partial charge in [0, 0.05) is 24.8 Å². The molecule has 146 valence electrons. The Labute approximate surface area is 170 Å². The minimum absolute atomic E-state index is 0.0136. The summed E-state index contributed by atoms with van der Waals surface area (Å²) in [5.41, 5.74) is 2.80. The van der Waals surface area contributed by atoms with Gasteiger partial charge < -0.3 is 13.9 Å². The molecule has 1 aliphatic rings. The number of furan rings is 1. The molecule has 6 nitrogen and oxygen atoms in total. The maximum absolute atomic E-state index is 13.4. The molecule has 0 N–H and O–H groups in total. The van der Waals surface area contributed by atoms with Gasteiger partial charge in [0.05, 0.1) is 22.9 Å². The number of halogens is 2. The van der Waals surface area contributed by atoms with E-state index in [-0.39, 0.29) is 17.0 Å². The minimum Gasteiger partial charge on any atom is -0.472 e. The van der Waals surface area contributed by atoms with Crippen LogP contribution >= 0.6 is 11.6 Å². The van der Waals surface area contributed by atoms with Crippen molar-refractivity contribution in [3.8, 4) is 11.4 Å². The number of rotatable bonds is 3. The number of hydrogen-bond donors (Lipinski definition) is 0.